The van der Waals surface area contributed by atoms with Crippen molar-refractivity contribution in [2.45, 2.75) is 118 Å². The smallest absolute Gasteiger partial charge is 0.0306 e. The Labute approximate surface area is 238 Å². The van der Waals surface area contributed by atoms with Crippen molar-refractivity contribution in [3.63, 3.8) is 0 Å². The second kappa shape index (κ2) is 12.2. The van der Waals surface area contributed by atoms with E-state index in [1.54, 1.807) is 4.41 Å². The molecule has 0 aliphatic rings. The second-order valence-corrected chi connectivity index (χ2v) is 95.0. The minimum Gasteiger partial charge on any atom is -0.0721 e. The first-order valence-corrected chi connectivity index (χ1v) is 45.1. The fraction of sp³-hybridized carbons (Fsp3) is 0.692. The summed E-state index contributed by atoms with van der Waals surface area (Å²) in [6.45, 7) is 46.0. The van der Waals surface area contributed by atoms with Crippen LogP contribution in [0.3, 0.4) is 0 Å². The predicted molar refractivity (Wildman–Crippen MR) is 192 cm³/mol. The van der Waals surface area contributed by atoms with Gasteiger partial charge in [-0.25, -0.2) is 0 Å². The fourth-order valence-corrected chi connectivity index (χ4v) is 195. The van der Waals surface area contributed by atoms with Gasteiger partial charge in [-0.2, -0.15) is 0 Å². The molecular formula is C26H60GeSi8. The molecule has 0 nitrogen and oxygen atoms in total. The normalized spacial score (nSPS) is 15.1. The van der Waals surface area contributed by atoms with Gasteiger partial charge in [0.1, 0.15) is 0 Å². The Hall–Kier alpha value is 1.24. The third-order valence-corrected chi connectivity index (χ3v) is 138. The van der Waals surface area contributed by atoms with Gasteiger partial charge in [0.25, 0.3) is 0 Å². The Morgan fingerprint density at radius 1 is 0.543 bits per heavy atom. The summed E-state index contributed by atoms with van der Waals surface area (Å²) in [6.07, 6.45) is 0. The molecule has 0 atom stereocenters. The van der Waals surface area contributed by atoms with Crippen LogP contribution in [0.15, 0.2) is 36.0 Å². The third-order valence-electron chi connectivity index (χ3n) is 7.24. The van der Waals surface area contributed by atoms with Crippen LogP contribution >= 0.6 is 0 Å². The Bertz CT molecular complexity index is 755. The van der Waals surface area contributed by atoms with Gasteiger partial charge >= 0.3 is 151 Å². The summed E-state index contributed by atoms with van der Waals surface area (Å²) in [5.41, 5.74) is 4.31. The summed E-state index contributed by atoms with van der Waals surface area (Å²) < 4.78 is 1.54. The molecule has 0 bridgehead atoms. The van der Waals surface area contributed by atoms with Crippen LogP contribution < -0.4 is 0 Å². The van der Waals surface area contributed by atoms with Crippen LogP contribution in [0.2, 0.25) is 118 Å². The molecule has 1 rings (SSSR count). The Kier molecular flexibility index (Phi) is 12.6. The average molecular weight is 670 g/mol. The zero-order chi connectivity index (χ0) is 28.5. The van der Waals surface area contributed by atoms with E-state index in [1.165, 1.54) is 5.56 Å². The fourth-order valence-electron chi connectivity index (χ4n) is 8.32. The summed E-state index contributed by atoms with van der Waals surface area (Å²) >= 11 is 2.36. The van der Waals surface area contributed by atoms with Crippen molar-refractivity contribution in [2.24, 2.45) is 0 Å². The topological polar surface area (TPSA) is 0 Å². The molecule has 4 radical (unpaired) electrons. The van der Waals surface area contributed by atoms with E-state index in [4.69, 9.17) is 0 Å². The molecule has 200 valence electrons. The Balaban J connectivity index is 0.000000761. The van der Waals surface area contributed by atoms with Gasteiger partial charge in [-0.1, -0.05) is 58.9 Å². The zero-order valence-corrected chi connectivity index (χ0v) is 37.1. The second-order valence-electron chi connectivity index (χ2n) is 16.6. The molecule has 0 aliphatic heterocycles. The van der Waals surface area contributed by atoms with Crippen molar-refractivity contribution in [1.82, 2.24) is 0 Å². The van der Waals surface area contributed by atoms with E-state index >= 15 is 0 Å². The molecular weight excluding hydrogens is 610 g/mol. The number of rotatable bonds is 8. The molecule has 9 heteroatoms. The van der Waals surface area contributed by atoms with Crippen LogP contribution in [0.5, 0.6) is 0 Å². The first-order chi connectivity index (χ1) is 15.1. The van der Waals surface area contributed by atoms with Crippen molar-refractivity contribution < 1.29 is 0 Å². The maximum atomic E-state index is 2.88. The van der Waals surface area contributed by atoms with Gasteiger partial charge in [0.15, 0.2) is 0 Å². The van der Waals surface area contributed by atoms with E-state index in [-0.39, 0.29) is 7.35 Å². The molecule has 0 saturated carbocycles. The minimum absolute atomic E-state index is 0.0255. The molecule has 0 aliphatic carbocycles. The van der Waals surface area contributed by atoms with Crippen molar-refractivity contribution in [1.29, 1.82) is 0 Å². The quantitative estimate of drug-likeness (QED) is 0.242. The number of hydrogen-bond acceptors (Lipinski definition) is 0. The molecule has 0 unspecified atom stereocenters. The zero-order valence-electron chi connectivity index (χ0n) is 27.0. The molecule has 0 saturated heterocycles. The maximum absolute atomic E-state index is 2.88. The van der Waals surface area contributed by atoms with E-state index in [0.717, 1.165) is 0 Å². The van der Waals surface area contributed by atoms with Crippen molar-refractivity contribution in [3.8, 4) is 0 Å². The standard InChI is InChI=1S/C17H33GeSi4.C9H27Si4/c1-19(2,3)22(20(4,5)6,21(7,8)9)15-17(18)16-13-11-10-12-14-16;1-11(2,3)10(12(4,5)6)13(7,8)9/h10-15H,1-9H3;1-9H3/b17-15-;. The first kappa shape index (κ1) is 36.2. The van der Waals surface area contributed by atoms with Gasteiger partial charge in [0.05, 0.1) is 0 Å². The predicted octanol–water partition coefficient (Wildman–Crippen LogP) is 9.16. The van der Waals surface area contributed by atoms with Crippen molar-refractivity contribution in [2.75, 3.05) is 0 Å². The summed E-state index contributed by atoms with van der Waals surface area (Å²) in [4.78, 5) is 0. The van der Waals surface area contributed by atoms with Gasteiger partial charge in [-0.05, 0) is 0 Å². The average Bonchev–Trinajstić information content (AvgIpc) is 2.53. The van der Waals surface area contributed by atoms with Crippen LogP contribution in [0.25, 0.3) is 4.41 Å². The minimum atomic E-state index is -1.39. The molecule has 0 N–H and O–H groups in total. The van der Waals surface area contributed by atoms with Gasteiger partial charge in [-0.15, -0.1) is 0 Å². The van der Waals surface area contributed by atoms with E-state index in [2.05, 4.69) is 170 Å². The molecule has 0 aromatic heterocycles. The van der Waals surface area contributed by atoms with Crippen LogP contribution in [-0.4, -0.2) is 76.0 Å². The SMILES string of the molecule is C[Si](C)(C)[Si](/C=[C](\[Ge])c1ccccc1)([Si](C)(C)C)[Si](C)(C)C.C[Si](C)(C)[Si]([Si](C)(C)C)[Si](C)(C)C. The van der Waals surface area contributed by atoms with Crippen LogP contribution in [0.4, 0.5) is 0 Å². The van der Waals surface area contributed by atoms with E-state index in [0.29, 0.717) is 0 Å². The summed E-state index contributed by atoms with van der Waals surface area (Å²) in [5.74, 6) is 0. The van der Waals surface area contributed by atoms with Crippen molar-refractivity contribution >= 4 is 80.4 Å². The first-order valence-electron chi connectivity index (χ1n) is 13.5. The summed E-state index contributed by atoms with van der Waals surface area (Å²) in [7, 11) is -6.12. The van der Waals surface area contributed by atoms with Crippen LogP contribution in [0.1, 0.15) is 5.56 Å². The molecule has 1 aromatic rings. The monoisotopic (exact) mass is 670 g/mol. The van der Waals surface area contributed by atoms with Gasteiger partial charge in [0.2, 0.25) is 0 Å². The van der Waals surface area contributed by atoms with Crippen LogP contribution in [-0.2, 0) is 0 Å². The van der Waals surface area contributed by atoms with Crippen molar-refractivity contribution in [3.05, 3.63) is 41.6 Å². The van der Waals surface area contributed by atoms with Crippen LogP contribution in [0, 0.1) is 0 Å². The maximum Gasteiger partial charge on any atom is 0.0306 e. The van der Waals surface area contributed by atoms with Gasteiger partial charge < -0.3 is 0 Å². The molecule has 0 amide bonds. The number of benzene rings is 1. The molecule has 1 aromatic carbocycles. The Morgan fingerprint density at radius 2 is 0.829 bits per heavy atom. The largest absolute Gasteiger partial charge is 0.0721 e. The Morgan fingerprint density at radius 3 is 1.03 bits per heavy atom. The van der Waals surface area contributed by atoms with E-state index in [9.17, 15) is 0 Å². The molecule has 0 fully saturated rings. The summed E-state index contributed by atoms with van der Waals surface area (Å²) in [6, 6.07) is 11.0. The van der Waals surface area contributed by atoms with Gasteiger partial charge in [-0.3, -0.25) is 0 Å². The third kappa shape index (κ3) is 9.73. The number of hydrogen-bond donors (Lipinski definition) is 0. The summed E-state index contributed by atoms with van der Waals surface area (Å²) in [5, 5.41) is 0. The van der Waals surface area contributed by atoms with E-state index < -0.39 is 52.2 Å². The molecule has 35 heavy (non-hydrogen) atoms. The molecule has 0 heterocycles. The van der Waals surface area contributed by atoms with E-state index in [1.807, 2.05) is 0 Å². The molecule has 0 spiro atoms. The van der Waals surface area contributed by atoms with Gasteiger partial charge in [0, 0.05) is 30.1 Å².